The van der Waals surface area contributed by atoms with E-state index in [-0.39, 0.29) is 5.91 Å². The van der Waals surface area contributed by atoms with Crippen LogP contribution >= 0.6 is 15.9 Å². The number of imidazole rings is 1. The van der Waals surface area contributed by atoms with Gasteiger partial charge < -0.3 is 9.47 Å². The maximum Gasteiger partial charge on any atom is 0.227 e. The van der Waals surface area contributed by atoms with Crippen LogP contribution in [0.2, 0.25) is 0 Å². The molecule has 0 radical (unpaired) electrons. The molecule has 2 aromatic rings. The molecule has 1 amide bonds. The van der Waals surface area contributed by atoms with Crippen LogP contribution in [0.1, 0.15) is 17.0 Å². The summed E-state index contributed by atoms with van der Waals surface area (Å²) in [7, 11) is 1.98. The van der Waals surface area contributed by atoms with Gasteiger partial charge in [0.25, 0.3) is 0 Å². The fraction of sp³-hybridized carbons (Fsp3) is 0.333. The number of aryl methyl sites for hydroxylation is 1. The molecule has 2 heterocycles. The summed E-state index contributed by atoms with van der Waals surface area (Å²) in [6.45, 7) is 1.42. The van der Waals surface area contributed by atoms with Gasteiger partial charge in [-0.1, -0.05) is 34.1 Å². The number of nitrogens with zero attached hydrogens (tertiary/aromatic N) is 3. The van der Waals surface area contributed by atoms with E-state index in [4.69, 9.17) is 0 Å². The van der Waals surface area contributed by atoms with Crippen molar-refractivity contribution in [1.29, 1.82) is 0 Å². The zero-order valence-corrected chi connectivity index (χ0v) is 12.9. The van der Waals surface area contributed by atoms with Crippen molar-refractivity contribution in [3.63, 3.8) is 0 Å². The van der Waals surface area contributed by atoms with Crippen LogP contribution in [-0.2, 0) is 31.2 Å². The molecule has 0 atom stereocenters. The van der Waals surface area contributed by atoms with Crippen LogP contribution in [0.4, 0.5) is 0 Å². The van der Waals surface area contributed by atoms with E-state index in [2.05, 4.69) is 20.9 Å². The Morgan fingerprint density at radius 2 is 2.20 bits per heavy atom. The Balaban J connectivity index is 1.73. The second-order valence-corrected chi connectivity index (χ2v) is 5.94. The summed E-state index contributed by atoms with van der Waals surface area (Å²) in [6, 6.07) is 7.88. The van der Waals surface area contributed by atoms with Gasteiger partial charge >= 0.3 is 0 Å². The van der Waals surface area contributed by atoms with E-state index in [0.29, 0.717) is 13.0 Å². The molecule has 0 fully saturated rings. The zero-order valence-electron chi connectivity index (χ0n) is 11.3. The minimum Gasteiger partial charge on any atom is -0.336 e. The first-order valence-corrected chi connectivity index (χ1v) is 7.44. The van der Waals surface area contributed by atoms with Crippen molar-refractivity contribution in [2.45, 2.75) is 19.4 Å². The molecule has 1 aromatic carbocycles. The maximum atomic E-state index is 12.4. The largest absolute Gasteiger partial charge is 0.336 e. The number of amides is 1. The number of hydrogen-bond acceptors (Lipinski definition) is 2. The summed E-state index contributed by atoms with van der Waals surface area (Å²) in [5.41, 5.74) is 3.31. The van der Waals surface area contributed by atoms with Crippen molar-refractivity contribution >= 4 is 21.8 Å². The van der Waals surface area contributed by atoms with Gasteiger partial charge in [-0.2, -0.15) is 0 Å². The van der Waals surface area contributed by atoms with E-state index in [0.717, 1.165) is 34.4 Å². The number of carbonyl (C=O) groups is 1. The van der Waals surface area contributed by atoms with E-state index < -0.39 is 0 Å². The number of hydrogen-bond donors (Lipinski definition) is 0. The molecule has 0 saturated heterocycles. The van der Waals surface area contributed by atoms with Gasteiger partial charge in [0.05, 0.1) is 30.7 Å². The van der Waals surface area contributed by atoms with Gasteiger partial charge in [0, 0.05) is 24.5 Å². The highest BCUT2D eigenvalue weighted by Crippen LogP contribution is 2.20. The Morgan fingerprint density at radius 1 is 1.40 bits per heavy atom. The lowest BCUT2D eigenvalue weighted by molar-refractivity contribution is -0.131. The van der Waals surface area contributed by atoms with Crippen molar-refractivity contribution < 1.29 is 4.79 Å². The van der Waals surface area contributed by atoms with Crippen molar-refractivity contribution in [3.05, 3.63) is 52.0 Å². The van der Waals surface area contributed by atoms with Crippen LogP contribution in [0, 0.1) is 0 Å². The predicted molar refractivity (Wildman–Crippen MR) is 80.2 cm³/mol. The lowest BCUT2D eigenvalue weighted by Crippen LogP contribution is -2.37. The summed E-state index contributed by atoms with van der Waals surface area (Å²) in [6.07, 6.45) is 3.11. The van der Waals surface area contributed by atoms with Crippen molar-refractivity contribution in [1.82, 2.24) is 14.5 Å². The molecular formula is C15H16BrN3O. The quantitative estimate of drug-likeness (QED) is 0.845. The van der Waals surface area contributed by atoms with Crippen LogP contribution in [0.3, 0.4) is 0 Å². The second kappa shape index (κ2) is 5.40. The molecule has 4 nitrogen and oxygen atoms in total. The zero-order chi connectivity index (χ0) is 14.1. The van der Waals surface area contributed by atoms with E-state index in [1.807, 2.05) is 47.1 Å². The summed E-state index contributed by atoms with van der Waals surface area (Å²) < 4.78 is 3.00. The smallest absolute Gasteiger partial charge is 0.227 e. The van der Waals surface area contributed by atoms with Gasteiger partial charge in [0.2, 0.25) is 5.91 Å². The van der Waals surface area contributed by atoms with Crippen LogP contribution in [-0.4, -0.2) is 26.9 Å². The molecular weight excluding hydrogens is 318 g/mol. The number of benzene rings is 1. The fourth-order valence-electron chi connectivity index (χ4n) is 2.55. The molecule has 0 spiro atoms. The Hall–Kier alpha value is -1.62. The first-order valence-electron chi connectivity index (χ1n) is 6.65. The van der Waals surface area contributed by atoms with E-state index in [1.54, 1.807) is 0 Å². The summed E-state index contributed by atoms with van der Waals surface area (Å²) >= 11 is 3.50. The molecule has 5 heteroatoms. The molecule has 1 aliphatic rings. The Labute approximate surface area is 126 Å². The molecule has 0 bridgehead atoms. The highest BCUT2D eigenvalue weighted by molar-refractivity contribution is 9.10. The van der Waals surface area contributed by atoms with E-state index >= 15 is 0 Å². The highest BCUT2D eigenvalue weighted by Gasteiger charge is 2.23. The third kappa shape index (κ3) is 2.50. The minimum absolute atomic E-state index is 0.170. The third-order valence-corrected chi connectivity index (χ3v) is 4.53. The molecule has 3 rings (SSSR count). The van der Waals surface area contributed by atoms with Crippen LogP contribution in [0.25, 0.3) is 0 Å². The van der Waals surface area contributed by atoms with E-state index in [1.165, 1.54) is 0 Å². The number of fused-ring (bicyclic) bond motifs is 1. The van der Waals surface area contributed by atoms with Gasteiger partial charge in [-0.25, -0.2) is 4.98 Å². The second-order valence-electron chi connectivity index (χ2n) is 5.08. The van der Waals surface area contributed by atoms with Crippen LogP contribution < -0.4 is 0 Å². The molecule has 0 unspecified atom stereocenters. The molecule has 1 aromatic heterocycles. The van der Waals surface area contributed by atoms with Crippen molar-refractivity contribution in [2.75, 3.05) is 6.54 Å². The molecule has 1 aliphatic heterocycles. The Kier molecular flexibility index (Phi) is 3.61. The summed E-state index contributed by atoms with van der Waals surface area (Å²) in [5, 5.41) is 0. The van der Waals surface area contributed by atoms with Gasteiger partial charge in [-0.15, -0.1) is 0 Å². The summed E-state index contributed by atoms with van der Waals surface area (Å²) in [4.78, 5) is 18.7. The maximum absolute atomic E-state index is 12.4. The Morgan fingerprint density at radius 3 is 3.00 bits per heavy atom. The fourth-order valence-corrected chi connectivity index (χ4v) is 2.97. The minimum atomic E-state index is 0.170. The lowest BCUT2D eigenvalue weighted by Gasteiger charge is -2.27. The molecule has 104 valence electrons. The van der Waals surface area contributed by atoms with Crippen LogP contribution in [0.5, 0.6) is 0 Å². The predicted octanol–water partition coefficient (Wildman–Crippen LogP) is 2.31. The van der Waals surface area contributed by atoms with Crippen molar-refractivity contribution in [3.8, 4) is 0 Å². The van der Waals surface area contributed by atoms with Gasteiger partial charge in [-0.3, -0.25) is 4.79 Å². The normalized spacial score (nSPS) is 14.2. The van der Waals surface area contributed by atoms with Crippen LogP contribution in [0.15, 0.2) is 35.1 Å². The SMILES string of the molecule is Cn1cnc2c1CN(C(=O)Cc1ccccc1Br)CC2. The van der Waals surface area contributed by atoms with Gasteiger partial charge in [-0.05, 0) is 11.6 Å². The van der Waals surface area contributed by atoms with E-state index in [9.17, 15) is 4.79 Å². The monoisotopic (exact) mass is 333 g/mol. The molecule has 0 aliphatic carbocycles. The first kappa shape index (κ1) is 13.4. The molecule has 20 heavy (non-hydrogen) atoms. The number of aromatic nitrogens is 2. The average Bonchev–Trinajstić information content (AvgIpc) is 2.82. The first-order chi connectivity index (χ1) is 9.65. The molecule has 0 saturated carbocycles. The van der Waals surface area contributed by atoms with Gasteiger partial charge in [0.1, 0.15) is 0 Å². The lowest BCUT2D eigenvalue weighted by atomic mass is 10.1. The standard InChI is InChI=1S/C15H16BrN3O/c1-18-10-17-13-6-7-19(9-14(13)18)15(20)8-11-4-2-3-5-12(11)16/h2-5,10H,6-9H2,1H3. The topological polar surface area (TPSA) is 38.1 Å². The average molecular weight is 334 g/mol. The third-order valence-electron chi connectivity index (χ3n) is 3.76. The summed E-state index contributed by atoms with van der Waals surface area (Å²) in [5.74, 6) is 0.170. The molecule has 0 N–H and O–H groups in total. The number of halogens is 1. The number of carbonyl (C=O) groups excluding carboxylic acids is 1. The number of rotatable bonds is 2. The van der Waals surface area contributed by atoms with Crippen molar-refractivity contribution in [2.24, 2.45) is 7.05 Å². The highest BCUT2D eigenvalue weighted by atomic mass is 79.9. The van der Waals surface area contributed by atoms with Gasteiger partial charge in [0.15, 0.2) is 0 Å². The Bertz CT molecular complexity index is 650.